The third-order valence-corrected chi connectivity index (χ3v) is 16.3. The van der Waals surface area contributed by atoms with Gasteiger partial charge in [0.05, 0.1) is 28.9 Å². The van der Waals surface area contributed by atoms with Gasteiger partial charge in [0.25, 0.3) is 39.4 Å². The second kappa shape index (κ2) is 31.0. The molecular formula is C65H66N12O21S. The van der Waals surface area contributed by atoms with Gasteiger partial charge >= 0.3 is 0 Å². The van der Waals surface area contributed by atoms with Gasteiger partial charge in [-0.2, -0.15) is 8.42 Å². The molecule has 0 saturated carbocycles. The van der Waals surface area contributed by atoms with Crippen LogP contribution in [0.2, 0.25) is 0 Å². The highest BCUT2D eigenvalue weighted by Gasteiger charge is 2.44. The molecule has 4 saturated heterocycles. The summed E-state index contributed by atoms with van der Waals surface area (Å²) in [5, 5.41) is 54.6. The summed E-state index contributed by atoms with van der Waals surface area (Å²) in [4.78, 5) is 157. The molecule has 99 heavy (non-hydrogen) atoms. The van der Waals surface area contributed by atoms with E-state index in [4.69, 9.17) is 42.2 Å². The first-order valence-electron chi connectivity index (χ1n) is 30.1. The summed E-state index contributed by atoms with van der Waals surface area (Å²) in [5.74, 6) is -3.64. The lowest BCUT2D eigenvalue weighted by Gasteiger charge is -2.29. The number of nitrogens with one attached hydrogen (secondary N) is 4. The molecule has 6 aromatic rings. The number of phenols is 4. The summed E-state index contributed by atoms with van der Waals surface area (Å²) < 4.78 is 25.9. The zero-order chi connectivity index (χ0) is 72.3. The van der Waals surface area contributed by atoms with Crippen LogP contribution in [0.1, 0.15) is 115 Å². The van der Waals surface area contributed by atoms with Crippen molar-refractivity contribution in [1.82, 2.24) is 40.9 Å². The van der Waals surface area contributed by atoms with Crippen molar-refractivity contribution in [3.8, 4) is 23.0 Å². The summed E-state index contributed by atoms with van der Waals surface area (Å²) in [5.41, 5.74) is 23.6. The topological polar surface area (TPSA) is 522 Å². The Bertz CT molecular complexity index is 4080. The minimum absolute atomic E-state index is 0.0115. The number of fused-ring (bicyclic) bond motifs is 4. The number of nitro groups is 1. The molecule has 518 valence electrons. The number of piperidine rings is 4. The lowest BCUT2D eigenvalue weighted by molar-refractivity contribution is -0.385. The molecule has 12 amide bonds. The molecule has 0 spiro atoms. The fourth-order valence-corrected chi connectivity index (χ4v) is 11.6. The lowest BCUT2D eigenvalue weighted by atomic mass is 10.0. The summed E-state index contributed by atoms with van der Waals surface area (Å²) in [6.07, 6.45) is 2.97. The van der Waals surface area contributed by atoms with Crippen LogP contribution < -0.4 is 38.5 Å². The fraction of sp³-hybridized carbons (Fsp3) is 0.262. The molecule has 34 heteroatoms. The van der Waals surface area contributed by atoms with Crippen LogP contribution in [0.5, 0.6) is 23.0 Å². The quantitative estimate of drug-likeness (QED) is 0.0387. The number of imide groups is 4. The highest BCUT2D eigenvalue weighted by Crippen LogP contribution is 2.36. The van der Waals surface area contributed by atoms with Crippen molar-refractivity contribution in [3.63, 3.8) is 0 Å². The van der Waals surface area contributed by atoms with Gasteiger partial charge in [0.1, 0.15) is 47.2 Å². The molecular weight excluding hydrogens is 1320 g/mol. The number of rotatable bonds is 5. The zero-order valence-corrected chi connectivity index (χ0v) is 53.3. The van der Waals surface area contributed by atoms with Crippen molar-refractivity contribution >= 4 is 104 Å². The number of phenolic OH excluding ortho intramolecular Hbond substituents is 4. The van der Waals surface area contributed by atoms with Crippen molar-refractivity contribution in [2.24, 2.45) is 0 Å². The maximum absolute atomic E-state index is 12.3. The molecule has 0 radical (unpaired) electrons. The Morgan fingerprint density at radius 3 is 0.838 bits per heavy atom. The van der Waals surface area contributed by atoms with Crippen molar-refractivity contribution in [2.75, 3.05) is 23.5 Å². The van der Waals surface area contributed by atoms with Crippen LogP contribution in [0.15, 0.2) is 121 Å². The number of nitrogens with zero attached hydrogens (tertiary/aromatic N) is 5. The second-order valence-electron chi connectivity index (χ2n) is 23.1. The maximum Gasteiger partial charge on any atom is 0.275 e. The summed E-state index contributed by atoms with van der Waals surface area (Å²) in [7, 11) is -3.67. The van der Waals surface area contributed by atoms with Crippen LogP contribution in [0.25, 0.3) is 0 Å². The Labute approximate surface area is 562 Å². The van der Waals surface area contributed by atoms with Crippen molar-refractivity contribution in [3.05, 3.63) is 176 Å². The first kappa shape index (κ1) is 72.5. The minimum atomic E-state index is -3.67. The third-order valence-electron chi connectivity index (χ3n) is 16.3. The molecule has 8 aliphatic heterocycles. The van der Waals surface area contributed by atoms with Gasteiger partial charge in [-0.25, -0.2) is 0 Å². The van der Waals surface area contributed by atoms with Gasteiger partial charge in [-0.05, 0) is 92.4 Å². The largest absolute Gasteiger partial charge is 0.508 e. The van der Waals surface area contributed by atoms with Crippen molar-refractivity contribution in [1.29, 1.82) is 0 Å². The number of amides is 12. The first-order chi connectivity index (χ1) is 46.8. The van der Waals surface area contributed by atoms with Gasteiger partial charge in [0.15, 0.2) is 0 Å². The molecule has 4 fully saturated rings. The van der Waals surface area contributed by atoms with Gasteiger partial charge < -0.3 is 57.2 Å². The Hall–Kier alpha value is -12.3. The number of carbonyl (C=O) groups excluding carboxylic acids is 12. The van der Waals surface area contributed by atoms with Gasteiger partial charge in [-0.1, -0.05) is 36.4 Å². The van der Waals surface area contributed by atoms with Crippen LogP contribution in [-0.2, 0) is 74.7 Å². The molecule has 4 atom stereocenters. The van der Waals surface area contributed by atoms with Crippen LogP contribution in [0.3, 0.4) is 0 Å². The number of carbonyl (C=O) groups is 12. The number of hydrogen-bond acceptors (Lipinski definition) is 23. The van der Waals surface area contributed by atoms with Crippen molar-refractivity contribution in [2.45, 2.75) is 102 Å². The number of nitrogens with two attached hydrogens (primary N) is 3. The molecule has 15 N–H and O–H groups in total. The van der Waals surface area contributed by atoms with Crippen molar-refractivity contribution < 1.29 is 95.9 Å². The SMILES string of the molecule is CS(=O)(=O)O.Nc1cccc2c1CN(C1CCC(=O)NC1=O)C2=O.Nc1cccc2c1CN(C1CCC(=O)NC1=O)C2=O.Nc1cccc2c1CN(C1CCC(=O)NC1=O)C2=O.O=C1CCC(N2Cc3c(cccc3[N+](=O)[O-])C2=O)C(=O)N1.Oc1cccc(O)c1.Oc1cccc(O)c1. The van der Waals surface area contributed by atoms with Gasteiger partial charge in [0.2, 0.25) is 47.3 Å². The van der Waals surface area contributed by atoms with E-state index in [0.717, 1.165) is 16.7 Å². The molecule has 0 bridgehead atoms. The summed E-state index contributed by atoms with van der Waals surface area (Å²) >= 11 is 0. The Balaban J connectivity index is 0.000000153. The van der Waals surface area contributed by atoms with E-state index in [2.05, 4.69) is 21.3 Å². The molecule has 14 rings (SSSR count). The van der Waals surface area contributed by atoms with E-state index in [-0.39, 0.29) is 114 Å². The van der Waals surface area contributed by atoms with E-state index >= 15 is 0 Å². The molecule has 8 aliphatic rings. The molecule has 0 aliphatic carbocycles. The molecule has 33 nitrogen and oxygen atoms in total. The van der Waals surface area contributed by atoms with Gasteiger partial charge in [-0.15, -0.1) is 0 Å². The highest BCUT2D eigenvalue weighted by molar-refractivity contribution is 7.85. The van der Waals surface area contributed by atoms with E-state index in [1.165, 1.54) is 74.2 Å². The van der Waals surface area contributed by atoms with Gasteiger partial charge in [0, 0.05) is 114 Å². The van der Waals surface area contributed by atoms with Crippen LogP contribution in [-0.4, -0.2) is 159 Å². The average Bonchev–Trinajstić information content (AvgIpc) is 1.66. The number of nitrogen functional groups attached to an aromatic ring is 3. The molecule has 8 heterocycles. The summed E-state index contributed by atoms with van der Waals surface area (Å²) in [6, 6.07) is 29.0. The number of nitro benzene ring substituents is 1. The Kier molecular flexibility index (Phi) is 22.7. The number of anilines is 3. The Morgan fingerprint density at radius 2 is 0.626 bits per heavy atom. The first-order valence-corrected chi connectivity index (χ1v) is 32.0. The van der Waals surface area contributed by atoms with E-state index in [1.54, 1.807) is 66.7 Å². The van der Waals surface area contributed by atoms with E-state index in [1.807, 2.05) is 0 Å². The third kappa shape index (κ3) is 17.8. The fourth-order valence-electron chi connectivity index (χ4n) is 11.6. The van der Waals surface area contributed by atoms with Gasteiger partial charge in [-0.3, -0.25) is 93.5 Å². The monoisotopic (exact) mass is 1380 g/mol. The predicted octanol–water partition coefficient (Wildman–Crippen LogP) is 2.14. The molecule has 0 aromatic heterocycles. The van der Waals surface area contributed by atoms with E-state index < -0.39 is 68.7 Å². The zero-order valence-electron chi connectivity index (χ0n) is 52.5. The number of aromatic hydroxyl groups is 4. The second-order valence-corrected chi connectivity index (χ2v) is 24.5. The number of hydrogen-bond donors (Lipinski definition) is 12. The summed E-state index contributed by atoms with van der Waals surface area (Å²) in [6.45, 7) is 0.991. The normalized spacial score (nSPS) is 19.5. The predicted molar refractivity (Wildman–Crippen MR) is 347 cm³/mol. The van der Waals surface area contributed by atoms with Crippen LogP contribution in [0, 0.1) is 10.1 Å². The van der Waals surface area contributed by atoms with E-state index in [9.17, 15) is 76.1 Å². The van der Waals surface area contributed by atoms with E-state index in [0.29, 0.717) is 84.5 Å². The maximum atomic E-state index is 12.3. The highest BCUT2D eigenvalue weighted by atomic mass is 32.2. The minimum Gasteiger partial charge on any atom is -0.508 e. The lowest BCUT2D eigenvalue weighted by Crippen LogP contribution is -2.52. The van der Waals surface area contributed by atoms with Crippen LogP contribution >= 0.6 is 0 Å². The molecule has 6 aromatic carbocycles. The molecule has 4 unspecified atom stereocenters. The average molecular weight is 1380 g/mol. The standard InChI is InChI=1S/C13H11N3O5.3C13H13N3O3.2C6H6O2.CH4O3S/c17-11-5-4-10(12(18)14-11)15-6-8-7(13(15)19)2-1-3-9(8)16(20)21;3*14-9-3-1-2-7-8(9)6-16(13(7)19)10-4-5-11(17)15-12(10)18;2*7-5-2-1-3-6(8)4-5;1-5(2,3)4/h1-3,10H,4-6H2,(H,14,17,18);3*1-3,10H,4-6,14H2,(H,15,17,18);2*1-4,7-8H;1H3,(H,2,3,4). The Morgan fingerprint density at radius 1 is 0.404 bits per heavy atom. The number of benzene rings is 6. The smallest absolute Gasteiger partial charge is 0.275 e. The van der Waals surface area contributed by atoms with Crippen LogP contribution in [0.4, 0.5) is 22.7 Å².